The van der Waals surface area contributed by atoms with Gasteiger partial charge in [0, 0.05) is 35.6 Å². The quantitative estimate of drug-likeness (QED) is 0.532. The van der Waals surface area contributed by atoms with E-state index in [1.807, 2.05) is 53.5 Å². The zero-order chi connectivity index (χ0) is 19.5. The first kappa shape index (κ1) is 18.1. The topological polar surface area (TPSA) is 79.6 Å². The Bertz CT molecular complexity index is 1050. The molecular weight excluding hydrogens is 350 g/mol. The van der Waals surface area contributed by atoms with E-state index >= 15 is 0 Å². The maximum absolute atomic E-state index is 9.22. The van der Waals surface area contributed by atoms with E-state index in [1.54, 1.807) is 12.4 Å². The second-order valence-electron chi connectivity index (χ2n) is 7.22. The molecule has 0 fully saturated rings. The highest BCUT2D eigenvalue weighted by Crippen LogP contribution is 2.32. The van der Waals surface area contributed by atoms with Gasteiger partial charge in [0.2, 0.25) is 0 Å². The van der Waals surface area contributed by atoms with E-state index in [-0.39, 0.29) is 6.61 Å². The Morgan fingerprint density at radius 3 is 2.43 bits per heavy atom. The van der Waals surface area contributed by atoms with Gasteiger partial charge in [-0.3, -0.25) is 9.67 Å². The van der Waals surface area contributed by atoms with Gasteiger partial charge in [0.25, 0.3) is 0 Å². The lowest BCUT2D eigenvalue weighted by Crippen LogP contribution is -2.07. The van der Waals surface area contributed by atoms with Crippen molar-refractivity contribution in [2.45, 2.75) is 27.0 Å². The number of pyridine rings is 1. The smallest absolute Gasteiger partial charge is 0.137 e. The number of aromatic nitrogens is 5. The summed E-state index contributed by atoms with van der Waals surface area (Å²) in [6, 6.07) is 11.7. The van der Waals surface area contributed by atoms with Gasteiger partial charge in [0.05, 0.1) is 30.4 Å². The van der Waals surface area contributed by atoms with Crippen molar-refractivity contribution in [3.8, 4) is 33.9 Å². The van der Waals surface area contributed by atoms with Gasteiger partial charge in [-0.25, -0.2) is 4.98 Å². The molecule has 0 bridgehead atoms. The minimum atomic E-state index is 0.0357. The SMILES string of the molecule is CC(C)Cn1ncc(-c2cnc(-c3ccc(CO)cc3)[nH]2)c1-c1ccncc1. The first-order valence-corrected chi connectivity index (χ1v) is 9.37. The van der Waals surface area contributed by atoms with E-state index in [9.17, 15) is 5.11 Å². The molecule has 1 aromatic carbocycles. The molecule has 3 aromatic heterocycles. The van der Waals surface area contributed by atoms with Crippen molar-refractivity contribution in [3.05, 3.63) is 66.7 Å². The number of H-pyrrole nitrogens is 1. The largest absolute Gasteiger partial charge is 0.392 e. The number of hydrogen-bond acceptors (Lipinski definition) is 4. The molecule has 2 N–H and O–H groups in total. The lowest BCUT2D eigenvalue weighted by molar-refractivity contribution is 0.282. The van der Waals surface area contributed by atoms with Gasteiger partial charge in [-0.05, 0) is 23.6 Å². The molecule has 0 saturated carbocycles. The van der Waals surface area contributed by atoms with Gasteiger partial charge in [-0.1, -0.05) is 38.1 Å². The molecule has 4 aromatic rings. The normalized spacial score (nSPS) is 11.3. The summed E-state index contributed by atoms with van der Waals surface area (Å²) in [5, 5.41) is 13.9. The summed E-state index contributed by atoms with van der Waals surface area (Å²) in [7, 11) is 0. The molecule has 0 atom stereocenters. The van der Waals surface area contributed by atoms with Crippen LogP contribution in [0.1, 0.15) is 19.4 Å². The molecule has 0 aliphatic carbocycles. The fraction of sp³-hybridized carbons (Fsp3) is 0.227. The molecule has 142 valence electrons. The van der Waals surface area contributed by atoms with Crippen LogP contribution in [-0.2, 0) is 13.2 Å². The molecule has 0 amide bonds. The summed E-state index contributed by atoms with van der Waals surface area (Å²) < 4.78 is 2.05. The molecular formula is C22H23N5O. The Hall–Kier alpha value is -3.25. The molecule has 28 heavy (non-hydrogen) atoms. The Balaban J connectivity index is 1.75. The fourth-order valence-electron chi connectivity index (χ4n) is 3.25. The number of hydrogen-bond donors (Lipinski definition) is 2. The Morgan fingerprint density at radius 2 is 1.75 bits per heavy atom. The van der Waals surface area contributed by atoms with Crippen molar-refractivity contribution in [1.29, 1.82) is 0 Å². The van der Waals surface area contributed by atoms with Crippen LogP contribution in [0.2, 0.25) is 0 Å². The number of aromatic amines is 1. The molecule has 0 aliphatic rings. The second kappa shape index (κ2) is 7.78. The van der Waals surface area contributed by atoms with Crippen molar-refractivity contribution >= 4 is 0 Å². The molecule has 3 heterocycles. The van der Waals surface area contributed by atoms with Gasteiger partial charge < -0.3 is 10.1 Å². The van der Waals surface area contributed by atoms with E-state index in [0.717, 1.165) is 46.0 Å². The molecule has 0 unspecified atom stereocenters. The molecule has 6 heteroatoms. The minimum Gasteiger partial charge on any atom is -0.392 e. The Labute approximate surface area is 163 Å². The maximum atomic E-state index is 9.22. The number of imidazole rings is 1. The number of benzene rings is 1. The summed E-state index contributed by atoms with van der Waals surface area (Å²) in [6.45, 7) is 5.24. The average Bonchev–Trinajstić information content (AvgIpc) is 3.35. The van der Waals surface area contributed by atoms with Crippen LogP contribution >= 0.6 is 0 Å². The maximum Gasteiger partial charge on any atom is 0.137 e. The van der Waals surface area contributed by atoms with E-state index in [1.165, 1.54) is 0 Å². The number of rotatable bonds is 6. The summed E-state index contributed by atoms with van der Waals surface area (Å²) in [5.41, 5.74) is 5.92. The van der Waals surface area contributed by atoms with Crippen LogP contribution in [0.15, 0.2) is 61.2 Å². The van der Waals surface area contributed by atoms with Crippen LogP contribution in [-0.4, -0.2) is 29.8 Å². The van der Waals surface area contributed by atoms with Crippen LogP contribution in [0.3, 0.4) is 0 Å². The van der Waals surface area contributed by atoms with Crippen molar-refractivity contribution in [2.24, 2.45) is 5.92 Å². The molecule has 4 rings (SSSR count). The standard InChI is InChI=1S/C22H23N5O/c1-15(2)13-27-21(17-7-9-23-10-8-17)19(11-25-27)20-12-24-22(26-20)18-5-3-16(14-28)4-6-18/h3-12,15,28H,13-14H2,1-2H3,(H,24,26). The summed E-state index contributed by atoms with van der Waals surface area (Å²) in [6.07, 6.45) is 7.33. The first-order chi connectivity index (χ1) is 13.7. The zero-order valence-corrected chi connectivity index (χ0v) is 16.0. The Morgan fingerprint density at radius 1 is 1.00 bits per heavy atom. The molecule has 0 spiro atoms. The van der Waals surface area contributed by atoms with Crippen molar-refractivity contribution in [1.82, 2.24) is 24.7 Å². The predicted octanol–water partition coefficient (Wildman–Crippen LogP) is 4.15. The minimum absolute atomic E-state index is 0.0357. The highest BCUT2D eigenvalue weighted by atomic mass is 16.3. The van der Waals surface area contributed by atoms with E-state index in [0.29, 0.717) is 5.92 Å². The molecule has 0 radical (unpaired) electrons. The lowest BCUT2D eigenvalue weighted by atomic mass is 10.1. The predicted molar refractivity (Wildman–Crippen MR) is 109 cm³/mol. The van der Waals surface area contributed by atoms with Gasteiger partial charge in [0.1, 0.15) is 5.82 Å². The fourth-order valence-corrected chi connectivity index (χ4v) is 3.25. The van der Waals surface area contributed by atoms with Gasteiger partial charge in [-0.2, -0.15) is 5.10 Å². The van der Waals surface area contributed by atoms with Gasteiger partial charge in [0.15, 0.2) is 0 Å². The third kappa shape index (κ3) is 3.59. The van der Waals surface area contributed by atoms with E-state index in [2.05, 4.69) is 33.9 Å². The van der Waals surface area contributed by atoms with Crippen LogP contribution in [0.5, 0.6) is 0 Å². The Kier molecular flexibility index (Phi) is 5.04. The lowest BCUT2D eigenvalue weighted by Gasteiger charge is -2.11. The summed E-state index contributed by atoms with van der Waals surface area (Å²) in [5.74, 6) is 1.27. The first-order valence-electron chi connectivity index (χ1n) is 9.37. The van der Waals surface area contributed by atoms with Crippen LogP contribution < -0.4 is 0 Å². The van der Waals surface area contributed by atoms with Crippen LogP contribution in [0, 0.1) is 5.92 Å². The summed E-state index contributed by atoms with van der Waals surface area (Å²) in [4.78, 5) is 12.1. The molecule has 0 saturated heterocycles. The third-order valence-corrected chi connectivity index (χ3v) is 4.61. The number of aliphatic hydroxyl groups excluding tert-OH is 1. The average molecular weight is 373 g/mol. The highest BCUT2D eigenvalue weighted by Gasteiger charge is 2.17. The monoisotopic (exact) mass is 373 g/mol. The molecule has 6 nitrogen and oxygen atoms in total. The molecule has 0 aliphatic heterocycles. The van der Waals surface area contributed by atoms with Crippen LogP contribution in [0.25, 0.3) is 33.9 Å². The van der Waals surface area contributed by atoms with E-state index < -0.39 is 0 Å². The highest BCUT2D eigenvalue weighted by molar-refractivity contribution is 5.79. The number of aliphatic hydroxyl groups is 1. The van der Waals surface area contributed by atoms with Crippen molar-refractivity contribution in [3.63, 3.8) is 0 Å². The third-order valence-electron chi connectivity index (χ3n) is 4.61. The zero-order valence-electron chi connectivity index (χ0n) is 16.0. The number of nitrogens with one attached hydrogen (secondary N) is 1. The van der Waals surface area contributed by atoms with Gasteiger partial charge >= 0.3 is 0 Å². The van der Waals surface area contributed by atoms with Crippen LogP contribution in [0.4, 0.5) is 0 Å². The summed E-state index contributed by atoms with van der Waals surface area (Å²) >= 11 is 0. The van der Waals surface area contributed by atoms with Gasteiger partial charge in [-0.15, -0.1) is 0 Å². The van der Waals surface area contributed by atoms with E-state index in [4.69, 9.17) is 0 Å². The second-order valence-corrected chi connectivity index (χ2v) is 7.22. The van der Waals surface area contributed by atoms with Crippen molar-refractivity contribution in [2.75, 3.05) is 0 Å². The number of nitrogens with zero attached hydrogens (tertiary/aromatic N) is 4. The van der Waals surface area contributed by atoms with Crippen molar-refractivity contribution < 1.29 is 5.11 Å².